The first-order valence-electron chi connectivity index (χ1n) is 6.10. The van der Waals surface area contributed by atoms with E-state index in [1.54, 1.807) is 10.9 Å². The predicted molar refractivity (Wildman–Crippen MR) is 75.1 cm³/mol. The zero-order valence-corrected chi connectivity index (χ0v) is 11.4. The summed E-state index contributed by atoms with van der Waals surface area (Å²) in [5, 5.41) is 6.98. The molecule has 0 saturated carbocycles. The number of carbonyl (C=O) groups is 1. The lowest BCUT2D eigenvalue weighted by Crippen LogP contribution is -2.25. The summed E-state index contributed by atoms with van der Waals surface area (Å²) in [5.41, 5.74) is 2.57. The number of carbonyl (C=O) groups excluding carboxylic acids is 1. The summed E-state index contributed by atoms with van der Waals surface area (Å²) in [6.07, 6.45) is 3.64. The van der Waals surface area contributed by atoms with E-state index in [0.717, 1.165) is 11.3 Å². The highest BCUT2D eigenvalue weighted by Gasteiger charge is 2.11. The van der Waals surface area contributed by atoms with Crippen molar-refractivity contribution >= 4 is 11.6 Å². The minimum absolute atomic E-state index is 0.0758. The van der Waals surface area contributed by atoms with Gasteiger partial charge in [0.2, 0.25) is 0 Å². The minimum atomic E-state index is -0.0758. The van der Waals surface area contributed by atoms with Gasteiger partial charge in [-0.1, -0.05) is 12.1 Å². The van der Waals surface area contributed by atoms with Gasteiger partial charge in [0.1, 0.15) is 0 Å². The van der Waals surface area contributed by atoms with E-state index in [4.69, 9.17) is 0 Å². The number of aromatic nitrogens is 2. The zero-order chi connectivity index (χ0) is 13.8. The fraction of sp³-hybridized carbons (Fsp3) is 0.286. The molecule has 0 bridgehead atoms. The smallest absolute Gasteiger partial charge is 0.253 e. The number of hydrogen-bond acceptors (Lipinski definition) is 3. The summed E-state index contributed by atoms with van der Waals surface area (Å²) >= 11 is 0. The van der Waals surface area contributed by atoms with Crippen molar-refractivity contribution in [3.05, 3.63) is 47.8 Å². The Labute approximate surface area is 112 Å². The van der Waals surface area contributed by atoms with Gasteiger partial charge in [-0.25, -0.2) is 0 Å². The van der Waals surface area contributed by atoms with Gasteiger partial charge in [-0.2, -0.15) is 5.10 Å². The van der Waals surface area contributed by atoms with Crippen LogP contribution < -0.4 is 10.2 Å². The molecule has 0 aliphatic rings. The summed E-state index contributed by atoms with van der Waals surface area (Å²) < 4.78 is 1.72. The van der Waals surface area contributed by atoms with Crippen LogP contribution in [0.5, 0.6) is 0 Å². The van der Waals surface area contributed by atoms with Crippen molar-refractivity contribution < 1.29 is 4.79 Å². The Bertz CT molecular complexity index is 574. The fourth-order valence-electron chi connectivity index (χ4n) is 1.90. The first-order chi connectivity index (χ1) is 9.08. The molecule has 2 aromatic rings. The number of aryl methyl sites for hydroxylation is 1. The Hall–Kier alpha value is -2.30. The molecule has 0 aliphatic heterocycles. The third kappa shape index (κ3) is 3.13. The number of anilines is 1. The van der Waals surface area contributed by atoms with Gasteiger partial charge < -0.3 is 10.2 Å². The standard InChI is InChI=1S/C14H18N4O/c1-17(2)13-7-5-4-6-12(13)14(19)15-8-11-9-16-18(3)10-11/h4-7,9-10H,8H2,1-3H3,(H,15,19). The van der Waals surface area contributed by atoms with Crippen LogP contribution in [0, 0.1) is 0 Å². The fourth-order valence-corrected chi connectivity index (χ4v) is 1.90. The first kappa shape index (κ1) is 13.1. The molecule has 0 spiro atoms. The van der Waals surface area contributed by atoms with E-state index in [2.05, 4.69) is 10.4 Å². The van der Waals surface area contributed by atoms with Crippen molar-refractivity contribution in [2.24, 2.45) is 7.05 Å². The Morgan fingerprint density at radius 3 is 2.74 bits per heavy atom. The molecule has 1 aromatic carbocycles. The van der Waals surface area contributed by atoms with Crippen molar-refractivity contribution in [2.75, 3.05) is 19.0 Å². The van der Waals surface area contributed by atoms with E-state index in [9.17, 15) is 4.79 Å². The molecule has 0 fully saturated rings. The summed E-state index contributed by atoms with van der Waals surface area (Å²) in [4.78, 5) is 14.1. The van der Waals surface area contributed by atoms with Gasteiger partial charge in [0.25, 0.3) is 5.91 Å². The van der Waals surface area contributed by atoms with Gasteiger partial charge in [0, 0.05) is 45.1 Å². The van der Waals surface area contributed by atoms with Crippen LogP contribution in [-0.2, 0) is 13.6 Å². The molecular weight excluding hydrogens is 240 g/mol. The molecular formula is C14H18N4O. The lowest BCUT2D eigenvalue weighted by molar-refractivity contribution is 0.0951. The van der Waals surface area contributed by atoms with Gasteiger partial charge in [0.05, 0.1) is 11.8 Å². The average Bonchev–Trinajstić information content (AvgIpc) is 2.81. The van der Waals surface area contributed by atoms with Crippen LogP contribution in [0.2, 0.25) is 0 Å². The number of para-hydroxylation sites is 1. The van der Waals surface area contributed by atoms with Gasteiger partial charge >= 0.3 is 0 Å². The van der Waals surface area contributed by atoms with Crippen molar-refractivity contribution in [2.45, 2.75) is 6.54 Å². The Balaban J connectivity index is 2.08. The molecule has 1 N–H and O–H groups in total. The van der Waals surface area contributed by atoms with E-state index in [1.807, 2.05) is 56.5 Å². The van der Waals surface area contributed by atoms with Crippen molar-refractivity contribution in [1.82, 2.24) is 15.1 Å². The summed E-state index contributed by atoms with van der Waals surface area (Å²) in [7, 11) is 5.70. The van der Waals surface area contributed by atoms with E-state index in [0.29, 0.717) is 12.1 Å². The Morgan fingerprint density at radius 1 is 1.37 bits per heavy atom. The molecule has 1 aromatic heterocycles. The highest BCUT2D eigenvalue weighted by atomic mass is 16.1. The number of hydrogen-bond donors (Lipinski definition) is 1. The Morgan fingerprint density at radius 2 is 2.11 bits per heavy atom. The quantitative estimate of drug-likeness (QED) is 0.902. The van der Waals surface area contributed by atoms with Crippen LogP contribution >= 0.6 is 0 Å². The molecule has 0 radical (unpaired) electrons. The minimum Gasteiger partial charge on any atom is -0.377 e. The largest absolute Gasteiger partial charge is 0.377 e. The highest BCUT2D eigenvalue weighted by molar-refractivity contribution is 5.99. The third-order valence-electron chi connectivity index (χ3n) is 2.84. The molecule has 0 atom stereocenters. The lowest BCUT2D eigenvalue weighted by Gasteiger charge is -2.16. The second kappa shape index (κ2) is 5.56. The lowest BCUT2D eigenvalue weighted by atomic mass is 10.1. The second-order valence-corrected chi connectivity index (χ2v) is 4.62. The van der Waals surface area contributed by atoms with E-state index in [-0.39, 0.29) is 5.91 Å². The molecule has 100 valence electrons. The molecule has 0 saturated heterocycles. The van der Waals surface area contributed by atoms with Gasteiger partial charge in [-0.3, -0.25) is 9.48 Å². The van der Waals surface area contributed by atoms with Gasteiger partial charge in [-0.15, -0.1) is 0 Å². The van der Waals surface area contributed by atoms with Crippen molar-refractivity contribution in [3.63, 3.8) is 0 Å². The van der Waals surface area contributed by atoms with Gasteiger partial charge in [0.15, 0.2) is 0 Å². The Kier molecular flexibility index (Phi) is 3.85. The summed E-state index contributed by atoms with van der Waals surface area (Å²) in [6.45, 7) is 0.481. The maximum absolute atomic E-state index is 12.2. The topological polar surface area (TPSA) is 50.2 Å². The number of nitrogens with one attached hydrogen (secondary N) is 1. The molecule has 2 rings (SSSR count). The van der Waals surface area contributed by atoms with Gasteiger partial charge in [-0.05, 0) is 12.1 Å². The maximum Gasteiger partial charge on any atom is 0.253 e. The second-order valence-electron chi connectivity index (χ2n) is 4.62. The van der Waals surface area contributed by atoms with Crippen LogP contribution in [0.25, 0.3) is 0 Å². The molecule has 5 heteroatoms. The van der Waals surface area contributed by atoms with Crippen LogP contribution in [-0.4, -0.2) is 29.8 Å². The predicted octanol–water partition coefficient (Wildman–Crippen LogP) is 1.42. The molecule has 1 amide bonds. The maximum atomic E-state index is 12.2. The molecule has 1 heterocycles. The number of benzene rings is 1. The number of amides is 1. The highest BCUT2D eigenvalue weighted by Crippen LogP contribution is 2.17. The number of rotatable bonds is 4. The first-order valence-corrected chi connectivity index (χ1v) is 6.10. The SMILES string of the molecule is CN(C)c1ccccc1C(=O)NCc1cnn(C)c1. The normalized spacial score (nSPS) is 10.3. The zero-order valence-electron chi connectivity index (χ0n) is 11.4. The molecule has 0 unspecified atom stereocenters. The van der Waals surface area contributed by atoms with Crippen molar-refractivity contribution in [3.8, 4) is 0 Å². The van der Waals surface area contributed by atoms with E-state index in [1.165, 1.54) is 0 Å². The van der Waals surface area contributed by atoms with Crippen LogP contribution in [0.4, 0.5) is 5.69 Å². The van der Waals surface area contributed by atoms with Crippen LogP contribution in [0.15, 0.2) is 36.7 Å². The molecule has 19 heavy (non-hydrogen) atoms. The number of nitrogens with zero attached hydrogens (tertiary/aromatic N) is 3. The van der Waals surface area contributed by atoms with Crippen LogP contribution in [0.3, 0.4) is 0 Å². The van der Waals surface area contributed by atoms with E-state index >= 15 is 0 Å². The molecule has 0 aliphatic carbocycles. The summed E-state index contributed by atoms with van der Waals surface area (Å²) in [6, 6.07) is 7.55. The van der Waals surface area contributed by atoms with Crippen molar-refractivity contribution in [1.29, 1.82) is 0 Å². The van der Waals surface area contributed by atoms with Crippen LogP contribution in [0.1, 0.15) is 15.9 Å². The molecule has 5 nitrogen and oxygen atoms in total. The van der Waals surface area contributed by atoms with E-state index < -0.39 is 0 Å². The third-order valence-corrected chi connectivity index (χ3v) is 2.84. The average molecular weight is 258 g/mol. The summed E-state index contributed by atoms with van der Waals surface area (Å²) in [5.74, 6) is -0.0758. The monoisotopic (exact) mass is 258 g/mol.